The van der Waals surface area contributed by atoms with Gasteiger partial charge in [0.05, 0.1) is 34.2 Å². The Bertz CT molecular complexity index is 3130. The summed E-state index contributed by atoms with van der Waals surface area (Å²) in [5.41, 5.74) is 13.6. The summed E-state index contributed by atoms with van der Waals surface area (Å²) in [7, 11) is 8.04. The monoisotopic (exact) mass is 879 g/mol. The first-order valence-electron chi connectivity index (χ1n) is 22.4. The normalized spacial score (nSPS) is 17.4. The molecule has 65 heavy (non-hydrogen) atoms. The van der Waals surface area contributed by atoms with E-state index in [1.807, 2.05) is 30.3 Å². The average Bonchev–Trinajstić information content (AvgIpc) is 3.95. The van der Waals surface area contributed by atoms with Crippen molar-refractivity contribution < 1.29 is 19.2 Å². The molecule has 4 heterocycles. The summed E-state index contributed by atoms with van der Waals surface area (Å²) in [6, 6.07) is 36.0. The molecule has 10 rings (SSSR count). The van der Waals surface area contributed by atoms with E-state index in [2.05, 4.69) is 150 Å². The van der Waals surface area contributed by atoms with Crippen molar-refractivity contribution >= 4 is 64.0 Å². The summed E-state index contributed by atoms with van der Waals surface area (Å²) in [6.07, 6.45) is 7.56. The van der Waals surface area contributed by atoms with Crippen LogP contribution in [0.25, 0.3) is 50.4 Å². The number of aromatic nitrogens is 4. The van der Waals surface area contributed by atoms with Crippen LogP contribution in [-0.4, -0.2) is 122 Å². The highest BCUT2D eigenvalue weighted by Gasteiger charge is 2.44. The molecular weight excluding hydrogens is 825 g/mol. The van der Waals surface area contributed by atoms with Crippen LogP contribution in [0.1, 0.15) is 27.9 Å². The van der Waals surface area contributed by atoms with Crippen LogP contribution >= 0.6 is 0 Å². The third kappa shape index (κ3) is 7.86. The third-order valence-electron chi connectivity index (χ3n) is 13.5. The van der Waals surface area contributed by atoms with Crippen LogP contribution in [0.5, 0.6) is 5.75 Å². The van der Waals surface area contributed by atoms with Crippen molar-refractivity contribution in [1.82, 2.24) is 24.8 Å². The molecule has 2 aromatic heterocycles. The minimum absolute atomic E-state index is 0.307. The number of aromatic carboxylic acids is 1. The zero-order chi connectivity index (χ0) is 45.0. The number of aromatic amines is 2. The number of allylic oxidation sites excluding steroid dienone is 5. The van der Waals surface area contributed by atoms with Crippen LogP contribution in [-0.2, 0) is 0 Å². The molecule has 0 spiro atoms. The van der Waals surface area contributed by atoms with Gasteiger partial charge in [-0.3, -0.25) is 0 Å². The first-order chi connectivity index (χ1) is 31.4. The van der Waals surface area contributed by atoms with Gasteiger partial charge < -0.3 is 34.5 Å². The Kier molecular flexibility index (Phi) is 10.9. The minimum atomic E-state index is -2.43. The molecule has 0 saturated carbocycles. The molecule has 2 aliphatic heterocycles. The molecule has 328 valence electrons. The Morgan fingerprint density at radius 3 is 2.23 bits per heavy atom. The van der Waals surface area contributed by atoms with Gasteiger partial charge in [-0.2, -0.15) is 0 Å². The molecule has 3 aliphatic rings. The fourth-order valence-electron chi connectivity index (χ4n) is 9.72. The predicted octanol–water partition coefficient (Wildman–Crippen LogP) is 8.61. The third-order valence-corrected chi connectivity index (χ3v) is 18.1. The Balaban J connectivity index is 0.866. The molecule has 0 bridgehead atoms. The highest BCUT2D eigenvalue weighted by molar-refractivity contribution is 6.99. The van der Waals surface area contributed by atoms with Gasteiger partial charge in [0.25, 0.3) is 0 Å². The van der Waals surface area contributed by atoms with Gasteiger partial charge in [-0.25, -0.2) is 19.3 Å². The zero-order valence-electron chi connectivity index (χ0n) is 37.9. The van der Waals surface area contributed by atoms with Crippen LogP contribution < -0.4 is 19.7 Å². The van der Waals surface area contributed by atoms with Gasteiger partial charge in [-0.05, 0) is 137 Å². The van der Waals surface area contributed by atoms with Crippen molar-refractivity contribution in [2.45, 2.75) is 19.0 Å². The van der Waals surface area contributed by atoms with E-state index in [-0.39, 0.29) is 0 Å². The molecule has 1 aliphatic carbocycles. The van der Waals surface area contributed by atoms with E-state index in [0.29, 0.717) is 12.2 Å². The Morgan fingerprint density at radius 1 is 0.815 bits per heavy atom. The van der Waals surface area contributed by atoms with Crippen LogP contribution in [0.3, 0.4) is 0 Å². The van der Waals surface area contributed by atoms with Gasteiger partial charge in [0.1, 0.15) is 39.6 Å². The number of nitrogens with one attached hydrogen (secondary N) is 2. The van der Waals surface area contributed by atoms with Gasteiger partial charge in [0.2, 0.25) is 0 Å². The first-order valence-corrected chi connectivity index (χ1v) is 25.1. The van der Waals surface area contributed by atoms with Crippen molar-refractivity contribution in [2.75, 3.05) is 77.8 Å². The topological polar surface area (TPSA) is 117 Å². The second kappa shape index (κ2) is 16.8. The Hall–Kier alpha value is -7.02. The van der Waals surface area contributed by atoms with Crippen molar-refractivity contribution in [3.63, 3.8) is 0 Å². The Morgan fingerprint density at radius 2 is 1.51 bits per heavy atom. The Labute approximate surface area is 380 Å². The number of carbonyl (C=O) groups is 1. The van der Waals surface area contributed by atoms with E-state index in [9.17, 15) is 9.90 Å². The number of anilines is 2. The lowest BCUT2D eigenvalue weighted by atomic mass is 9.87. The van der Waals surface area contributed by atoms with E-state index in [0.717, 1.165) is 123 Å². The second-order valence-corrected chi connectivity index (χ2v) is 22.4. The molecule has 1 saturated heterocycles. The number of carboxylic acid groups (broad SMARTS) is 1. The van der Waals surface area contributed by atoms with Gasteiger partial charge in [0.15, 0.2) is 5.71 Å². The number of rotatable bonds is 11. The first kappa shape index (κ1) is 42.0. The number of imidazole rings is 2. The molecule has 3 N–H and O–H groups in total. The summed E-state index contributed by atoms with van der Waals surface area (Å²) in [5.74, 6) is 1.53. The smallest absolute Gasteiger partial charge is 0.336 e. The lowest BCUT2D eigenvalue weighted by Crippen LogP contribution is -2.52. The van der Waals surface area contributed by atoms with Crippen molar-refractivity contribution in [2.24, 2.45) is 0 Å². The summed E-state index contributed by atoms with van der Waals surface area (Å²) >= 11 is 0. The fraction of sp³-hybridized carbons (Fsp3) is 0.245. The number of ether oxygens (including phenoxy) is 1. The highest BCUT2D eigenvalue weighted by atomic mass is 28.3. The number of hydrogen-bond donors (Lipinski definition) is 3. The lowest BCUT2D eigenvalue weighted by Gasteiger charge is -2.40. The van der Waals surface area contributed by atoms with Crippen molar-refractivity contribution in [1.29, 1.82) is 0 Å². The fourth-order valence-corrected chi connectivity index (χ4v) is 13.9. The molecule has 0 unspecified atom stereocenters. The maximum Gasteiger partial charge on any atom is 0.336 e. The summed E-state index contributed by atoms with van der Waals surface area (Å²) < 4.78 is 8.60. The molecule has 11 nitrogen and oxygen atoms in total. The van der Waals surface area contributed by atoms with E-state index in [4.69, 9.17) is 14.7 Å². The van der Waals surface area contributed by atoms with Crippen LogP contribution in [0.4, 0.5) is 11.4 Å². The van der Waals surface area contributed by atoms with Crippen molar-refractivity contribution in [3.05, 3.63) is 149 Å². The zero-order valence-corrected chi connectivity index (χ0v) is 38.9. The van der Waals surface area contributed by atoms with E-state index in [1.54, 1.807) is 12.1 Å². The van der Waals surface area contributed by atoms with Crippen LogP contribution in [0.15, 0.2) is 132 Å². The number of fused-ring (bicyclic) bond motifs is 4. The van der Waals surface area contributed by atoms with Gasteiger partial charge in [0, 0.05) is 74.9 Å². The SMILES string of the molecule is CN1CCN(c2ccc3nc(-c4ccc5nc(-c6ccc(OCCC[Si@@]7(C)C8=CC(=[N+](C)C)C=CC8=C(c8ccccc8C(=O)O)c8ccc(N(C)C)cc87)cc6)[nH]c5c4)[nH]c3c2)CC1. The van der Waals surface area contributed by atoms with Crippen molar-refractivity contribution in [3.8, 4) is 28.5 Å². The maximum absolute atomic E-state index is 12.6. The molecule has 5 aromatic carbocycles. The lowest BCUT2D eigenvalue weighted by molar-refractivity contribution is -0.462. The minimum Gasteiger partial charge on any atom is -0.494 e. The van der Waals surface area contributed by atoms with E-state index >= 15 is 0 Å². The van der Waals surface area contributed by atoms with Crippen LogP contribution in [0, 0.1) is 0 Å². The maximum atomic E-state index is 12.6. The molecule has 1 atom stereocenters. The standard InChI is InChI=1S/C53H54N8O3Si/c1-58(2)36-15-20-42-48(32-36)65(6,49-33-37(59(3)4)16-21-43(49)50(42)40-10-7-8-11-41(40)53(62)63)29-9-28-64-39-18-12-34(13-19-39)51-54-44-22-14-35(30-46(44)56-51)52-55-45-23-17-38(31-47(45)57-52)61-26-24-60(5)25-27-61/h7-8,10-23,30-33H,9,24-29H2,1-6H3,(H2-,54,55,56,57,62,63)/p+1. The van der Waals surface area contributed by atoms with E-state index in [1.165, 1.54) is 16.1 Å². The molecule has 0 radical (unpaired) electrons. The molecule has 0 amide bonds. The average molecular weight is 880 g/mol. The highest BCUT2D eigenvalue weighted by Crippen LogP contribution is 2.44. The second-order valence-electron chi connectivity index (χ2n) is 18.2. The summed E-state index contributed by atoms with van der Waals surface area (Å²) in [6.45, 7) is 7.22. The number of nitrogens with zero attached hydrogens (tertiary/aromatic N) is 6. The van der Waals surface area contributed by atoms with Crippen LogP contribution in [0.2, 0.25) is 12.6 Å². The van der Waals surface area contributed by atoms with Gasteiger partial charge in [-0.15, -0.1) is 0 Å². The van der Waals surface area contributed by atoms with Gasteiger partial charge in [-0.1, -0.05) is 30.8 Å². The number of H-pyrrole nitrogens is 2. The quantitative estimate of drug-likeness (QED) is 0.0673. The van der Waals surface area contributed by atoms with Gasteiger partial charge >= 0.3 is 5.97 Å². The molecule has 1 fully saturated rings. The largest absolute Gasteiger partial charge is 0.494 e. The number of benzene rings is 5. The van der Waals surface area contributed by atoms with E-state index < -0.39 is 14.0 Å². The predicted molar refractivity (Wildman–Crippen MR) is 267 cm³/mol. The molecule has 12 heteroatoms. The number of carboxylic acids is 1. The summed E-state index contributed by atoms with van der Waals surface area (Å²) in [4.78, 5) is 36.6. The molecular formula is C53H55N8O3Si+. The number of likely N-dealkylation sites (N-methyl/N-ethyl adjacent to an activating group) is 1. The number of piperazine rings is 1. The molecule has 7 aromatic rings. The number of hydrogen-bond acceptors (Lipinski definition) is 7. The summed E-state index contributed by atoms with van der Waals surface area (Å²) in [5, 5.41) is 13.0.